The van der Waals surface area contributed by atoms with Crippen LogP contribution in [0.25, 0.3) is 0 Å². The maximum absolute atomic E-state index is 12.8. The van der Waals surface area contributed by atoms with Crippen molar-refractivity contribution >= 4 is 5.91 Å². The second-order valence-electron chi connectivity index (χ2n) is 5.58. The third-order valence-electron chi connectivity index (χ3n) is 3.64. The number of alkyl halides is 3. The summed E-state index contributed by atoms with van der Waals surface area (Å²) >= 11 is 0. The highest BCUT2D eigenvalue weighted by atomic mass is 19.4. The second-order valence-corrected chi connectivity index (χ2v) is 5.58. The molecule has 2 rings (SSSR count). The number of carbonyl (C=O) groups excluding carboxylic acids is 1. The first-order valence-electron chi connectivity index (χ1n) is 7.62. The predicted octanol–water partition coefficient (Wildman–Crippen LogP) is 3.11. The number of carbonyl (C=O) groups is 1. The van der Waals surface area contributed by atoms with Crippen LogP contribution in [-0.4, -0.2) is 23.7 Å². The van der Waals surface area contributed by atoms with E-state index in [0.717, 1.165) is 17.7 Å². The molecule has 0 saturated carbocycles. The molecule has 1 amide bonds. The van der Waals surface area contributed by atoms with Crippen molar-refractivity contribution in [2.24, 2.45) is 0 Å². The molecule has 1 unspecified atom stereocenters. The topological polar surface area (TPSA) is 49.3 Å². The monoisotopic (exact) mass is 355 g/mol. The van der Waals surface area contributed by atoms with E-state index in [1.165, 1.54) is 24.3 Å². The fraction of sp³-hybridized carbons (Fsp3) is 0.278. The third-order valence-corrected chi connectivity index (χ3v) is 3.64. The Balaban J connectivity index is 1.80. The van der Waals surface area contributed by atoms with Crippen LogP contribution in [0.1, 0.15) is 16.7 Å². The molecular weight excluding hydrogens is 338 g/mol. The zero-order valence-corrected chi connectivity index (χ0v) is 13.2. The van der Waals surface area contributed by atoms with Gasteiger partial charge in [-0.05, 0) is 41.8 Å². The van der Waals surface area contributed by atoms with Crippen molar-refractivity contribution in [2.45, 2.75) is 25.1 Å². The van der Waals surface area contributed by atoms with Gasteiger partial charge in [0.05, 0.1) is 5.56 Å². The van der Waals surface area contributed by atoms with Crippen LogP contribution in [0.3, 0.4) is 0 Å². The van der Waals surface area contributed by atoms with Gasteiger partial charge in [0.2, 0.25) is 5.91 Å². The van der Waals surface area contributed by atoms with Gasteiger partial charge in [-0.15, -0.1) is 0 Å². The molecular formula is C18H17F4NO2. The first-order valence-corrected chi connectivity index (χ1v) is 7.62. The van der Waals surface area contributed by atoms with E-state index >= 15 is 0 Å². The quantitative estimate of drug-likeness (QED) is 0.783. The number of aliphatic hydroxyl groups excluding tert-OH is 1. The maximum atomic E-state index is 12.8. The molecule has 3 nitrogen and oxygen atoms in total. The number of hydrogen-bond donors (Lipinski definition) is 2. The number of rotatable bonds is 6. The molecule has 25 heavy (non-hydrogen) atoms. The van der Waals surface area contributed by atoms with Gasteiger partial charge in [0.1, 0.15) is 11.9 Å². The molecule has 134 valence electrons. The number of aliphatic hydroxyl groups is 1. The first-order chi connectivity index (χ1) is 11.8. The van der Waals surface area contributed by atoms with Crippen LogP contribution >= 0.6 is 0 Å². The maximum Gasteiger partial charge on any atom is 0.416 e. The number of nitrogens with one attached hydrogen (secondary N) is 1. The molecule has 0 saturated heterocycles. The Hall–Kier alpha value is -2.41. The summed E-state index contributed by atoms with van der Waals surface area (Å²) in [4.78, 5) is 11.8. The number of halogens is 4. The summed E-state index contributed by atoms with van der Waals surface area (Å²) < 4.78 is 50.2. The van der Waals surface area contributed by atoms with E-state index in [0.29, 0.717) is 12.0 Å². The van der Waals surface area contributed by atoms with Crippen molar-refractivity contribution in [2.75, 3.05) is 6.54 Å². The van der Waals surface area contributed by atoms with Crippen LogP contribution in [0, 0.1) is 5.82 Å². The van der Waals surface area contributed by atoms with Crippen LogP contribution in [0.15, 0.2) is 48.5 Å². The molecule has 0 radical (unpaired) electrons. The minimum absolute atomic E-state index is 0.0828. The number of hydrogen-bond acceptors (Lipinski definition) is 2. The van der Waals surface area contributed by atoms with E-state index in [4.69, 9.17) is 0 Å². The summed E-state index contributed by atoms with van der Waals surface area (Å²) in [5.41, 5.74) is 0.475. The number of benzene rings is 2. The Labute approximate surface area is 142 Å². The van der Waals surface area contributed by atoms with Crippen LogP contribution < -0.4 is 5.32 Å². The average molecular weight is 355 g/mol. The zero-order chi connectivity index (χ0) is 18.4. The van der Waals surface area contributed by atoms with Gasteiger partial charge >= 0.3 is 6.18 Å². The van der Waals surface area contributed by atoms with Crippen molar-refractivity contribution in [3.8, 4) is 0 Å². The van der Waals surface area contributed by atoms with Crippen molar-refractivity contribution < 1.29 is 27.5 Å². The minimum Gasteiger partial charge on any atom is -0.383 e. The lowest BCUT2D eigenvalue weighted by Crippen LogP contribution is -2.37. The molecule has 0 bridgehead atoms. The van der Waals surface area contributed by atoms with Crippen LogP contribution in [0.4, 0.5) is 17.6 Å². The second kappa shape index (κ2) is 8.11. The van der Waals surface area contributed by atoms with Gasteiger partial charge in [0.25, 0.3) is 0 Å². The third kappa shape index (κ3) is 5.86. The minimum atomic E-state index is -4.42. The van der Waals surface area contributed by atoms with Gasteiger partial charge < -0.3 is 10.4 Å². The van der Waals surface area contributed by atoms with Crippen LogP contribution in [-0.2, 0) is 23.8 Å². The summed E-state index contributed by atoms with van der Waals surface area (Å²) in [6.07, 6.45) is -5.39. The molecule has 2 aromatic rings. The van der Waals surface area contributed by atoms with Crippen molar-refractivity contribution in [3.63, 3.8) is 0 Å². The SMILES string of the molecule is O=C(NCCc1ccc(F)cc1)C(O)Cc1ccc(C(F)(F)F)cc1. The van der Waals surface area contributed by atoms with Crippen molar-refractivity contribution in [3.05, 3.63) is 71.0 Å². The average Bonchev–Trinajstić information content (AvgIpc) is 2.56. The fourth-order valence-corrected chi connectivity index (χ4v) is 2.24. The zero-order valence-electron chi connectivity index (χ0n) is 13.2. The van der Waals surface area contributed by atoms with Gasteiger partial charge in [-0.3, -0.25) is 4.79 Å². The van der Waals surface area contributed by atoms with Gasteiger partial charge in [-0.2, -0.15) is 13.2 Å². The van der Waals surface area contributed by atoms with E-state index in [-0.39, 0.29) is 18.8 Å². The summed E-state index contributed by atoms with van der Waals surface area (Å²) in [5.74, 6) is -0.957. The van der Waals surface area contributed by atoms with Gasteiger partial charge in [-0.1, -0.05) is 24.3 Å². The van der Waals surface area contributed by atoms with Crippen LogP contribution in [0.2, 0.25) is 0 Å². The highest BCUT2D eigenvalue weighted by Crippen LogP contribution is 2.29. The molecule has 0 heterocycles. The van der Waals surface area contributed by atoms with E-state index in [1.807, 2.05) is 0 Å². The van der Waals surface area contributed by atoms with E-state index < -0.39 is 23.8 Å². The lowest BCUT2D eigenvalue weighted by Gasteiger charge is -2.12. The molecule has 2 aromatic carbocycles. The molecule has 1 atom stereocenters. The Morgan fingerprint density at radius 3 is 2.12 bits per heavy atom. The van der Waals surface area contributed by atoms with Gasteiger partial charge in [-0.25, -0.2) is 4.39 Å². The molecule has 0 spiro atoms. The standard InChI is InChI=1S/C18H17F4NO2/c19-15-7-3-12(4-8-15)9-10-23-17(25)16(24)11-13-1-5-14(6-2-13)18(20,21)22/h1-8,16,24H,9-11H2,(H,23,25). The van der Waals surface area contributed by atoms with Gasteiger partial charge in [0, 0.05) is 13.0 Å². The van der Waals surface area contributed by atoms with E-state index in [1.54, 1.807) is 12.1 Å². The molecule has 0 aliphatic rings. The smallest absolute Gasteiger partial charge is 0.383 e. The molecule has 0 aliphatic carbocycles. The first kappa shape index (κ1) is 18.9. The molecule has 0 aliphatic heterocycles. The predicted molar refractivity (Wildman–Crippen MR) is 84.3 cm³/mol. The normalized spacial score (nSPS) is 12.7. The van der Waals surface area contributed by atoms with E-state index in [2.05, 4.69) is 5.32 Å². The molecule has 0 fully saturated rings. The van der Waals surface area contributed by atoms with Crippen LogP contribution in [0.5, 0.6) is 0 Å². The summed E-state index contributed by atoms with van der Waals surface area (Å²) in [6, 6.07) is 10.1. The Morgan fingerprint density at radius 2 is 1.56 bits per heavy atom. The number of amides is 1. The Morgan fingerprint density at radius 1 is 1.00 bits per heavy atom. The van der Waals surface area contributed by atoms with Gasteiger partial charge in [0.15, 0.2) is 0 Å². The summed E-state index contributed by atoms with van der Waals surface area (Å²) in [5, 5.41) is 12.4. The molecule has 0 aromatic heterocycles. The van der Waals surface area contributed by atoms with Crippen molar-refractivity contribution in [1.29, 1.82) is 0 Å². The summed E-state index contributed by atoms with van der Waals surface area (Å²) in [7, 11) is 0. The summed E-state index contributed by atoms with van der Waals surface area (Å²) in [6.45, 7) is 0.258. The fourth-order valence-electron chi connectivity index (χ4n) is 2.24. The lowest BCUT2D eigenvalue weighted by molar-refractivity contribution is -0.137. The van der Waals surface area contributed by atoms with Crippen molar-refractivity contribution in [1.82, 2.24) is 5.32 Å². The lowest BCUT2D eigenvalue weighted by atomic mass is 10.0. The Bertz CT molecular complexity index is 697. The Kier molecular flexibility index (Phi) is 6.14. The molecule has 2 N–H and O–H groups in total. The highest BCUT2D eigenvalue weighted by Gasteiger charge is 2.30. The molecule has 7 heteroatoms. The largest absolute Gasteiger partial charge is 0.416 e. The van der Waals surface area contributed by atoms with E-state index in [9.17, 15) is 27.5 Å². The highest BCUT2D eigenvalue weighted by molar-refractivity contribution is 5.80.